The summed E-state index contributed by atoms with van der Waals surface area (Å²) in [6.45, 7) is 4.61. The van der Waals surface area contributed by atoms with Crippen molar-refractivity contribution >= 4 is 0 Å². The maximum atomic E-state index is 5.27. The summed E-state index contributed by atoms with van der Waals surface area (Å²) < 4.78 is 10.5. The highest BCUT2D eigenvalue weighted by molar-refractivity contribution is 5.24. The lowest BCUT2D eigenvalue weighted by molar-refractivity contribution is 0.0975. The van der Waals surface area contributed by atoms with E-state index < -0.39 is 0 Å². The van der Waals surface area contributed by atoms with Gasteiger partial charge in [0.2, 0.25) is 12.6 Å². The van der Waals surface area contributed by atoms with Gasteiger partial charge in [-0.15, -0.1) is 0 Å². The van der Waals surface area contributed by atoms with Crippen molar-refractivity contribution in [2.24, 2.45) is 5.41 Å². The lowest BCUT2D eigenvalue weighted by Gasteiger charge is -2.16. The maximum Gasteiger partial charge on any atom is 0.232 e. The Bertz CT molecular complexity index is 348. The molecule has 2 heteroatoms. The second-order valence-corrected chi connectivity index (χ2v) is 3.91. The van der Waals surface area contributed by atoms with Gasteiger partial charge in [0.25, 0.3) is 0 Å². The second kappa shape index (κ2) is 2.85. The van der Waals surface area contributed by atoms with Crippen molar-refractivity contribution in [3.05, 3.63) is 35.1 Å². The first kappa shape index (κ1) is 8.25. The minimum absolute atomic E-state index is 0.123. The van der Waals surface area contributed by atoms with Crippen molar-refractivity contribution in [2.75, 3.05) is 6.79 Å². The Hall–Kier alpha value is -1.36. The van der Waals surface area contributed by atoms with E-state index in [0.717, 1.165) is 12.2 Å². The lowest BCUT2D eigenvalue weighted by atomic mass is 9.88. The van der Waals surface area contributed by atoms with E-state index in [1.165, 1.54) is 0 Å². The Labute approximate surface area is 77.8 Å². The molecule has 0 spiro atoms. The van der Waals surface area contributed by atoms with Crippen LogP contribution in [0.4, 0.5) is 0 Å². The third-order valence-electron chi connectivity index (χ3n) is 2.10. The van der Waals surface area contributed by atoms with E-state index >= 15 is 0 Å². The third kappa shape index (κ3) is 1.70. The Kier molecular flexibility index (Phi) is 1.81. The summed E-state index contributed by atoms with van der Waals surface area (Å²) >= 11 is 0. The van der Waals surface area contributed by atoms with Crippen LogP contribution in [0.25, 0.3) is 0 Å². The molecule has 1 aliphatic heterocycles. The SMILES string of the molecule is CC1(C)C=C=C=C2OCO/C2=C/C1. The van der Waals surface area contributed by atoms with Gasteiger partial charge < -0.3 is 9.47 Å². The van der Waals surface area contributed by atoms with E-state index in [0.29, 0.717) is 12.6 Å². The summed E-state index contributed by atoms with van der Waals surface area (Å²) in [6.07, 6.45) is 4.99. The summed E-state index contributed by atoms with van der Waals surface area (Å²) in [4.78, 5) is 0. The number of allylic oxidation sites excluding steroid dienone is 2. The monoisotopic (exact) mass is 176 g/mol. The van der Waals surface area contributed by atoms with Gasteiger partial charge in [0.1, 0.15) is 0 Å². The fraction of sp³-hybridized carbons (Fsp3) is 0.455. The van der Waals surface area contributed by atoms with Gasteiger partial charge in [-0.3, -0.25) is 0 Å². The molecule has 0 radical (unpaired) electrons. The molecule has 1 aliphatic carbocycles. The zero-order valence-electron chi connectivity index (χ0n) is 7.89. The van der Waals surface area contributed by atoms with Crippen molar-refractivity contribution < 1.29 is 9.47 Å². The predicted octanol–water partition coefficient (Wildman–Crippen LogP) is 2.50. The summed E-state index contributed by atoms with van der Waals surface area (Å²) in [5.41, 5.74) is 6.05. The quantitative estimate of drug-likeness (QED) is 0.528. The van der Waals surface area contributed by atoms with Gasteiger partial charge in [0.15, 0.2) is 5.76 Å². The molecule has 0 saturated carbocycles. The predicted molar refractivity (Wildman–Crippen MR) is 48.6 cm³/mol. The van der Waals surface area contributed by atoms with Crippen LogP contribution in [0.1, 0.15) is 20.3 Å². The molecule has 0 aromatic rings. The standard InChI is InChI=1S/C11H12O2/c1-11(2)6-3-4-9-10(5-7-11)13-8-12-9/h5-6H,7-8H2,1-2H3/b9-6?,10-5+. The van der Waals surface area contributed by atoms with Crippen LogP contribution >= 0.6 is 0 Å². The molecule has 2 nitrogen and oxygen atoms in total. The van der Waals surface area contributed by atoms with E-state index in [2.05, 4.69) is 25.3 Å². The van der Waals surface area contributed by atoms with Crippen LogP contribution in [-0.4, -0.2) is 6.79 Å². The van der Waals surface area contributed by atoms with Gasteiger partial charge in [-0.2, -0.15) is 0 Å². The Morgan fingerprint density at radius 2 is 2.23 bits per heavy atom. The van der Waals surface area contributed by atoms with Crippen LogP contribution in [0.15, 0.2) is 35.1 Å². The molecule has 0 atom stereocenters. The molecule has 0 unspecified atom stereocenters. The zero-order valence-corrected chi connectivity index (χ0v) is 7.89. The third-order valence-corrected chi connectivity index (χ3v) is 2.10. The van der Waals surface area contributed by atoms with Crippen molar-refractivity contribution in [3.63, 3.8) is 0 Å². The molecule has 2 rings (SSSR count). The van der Waals surface area contributed by atoms with Gasteiger partial charge in [-0.25, -0.2) is 0 Å². The first-order valence-corrected chi connectivity index (χ1v) is 4.36. The van der Waals surface area contributed by atoms with Gasteiger partial charge >= 0.3 is 0 Å². The van der Waals surface area contributed by atoms with E-state index in [1.54, 1.807) is 0 Å². The summed E-state index contributed by atoms with van der Waals surface area (Å²) in [5, 5.41) is 0. The number of fused-ring (bicyclic) bond motifs is 1. The topological polar surface area (TPSA) is 18.5 Å². The minimum atomic E-state index is 0.123. The molecule has 0 aromatic heterocycles. The van der Waals surface area contributed by atoms with Gasteiger partial charge in [0, 0.05) is 0 Å². The van der Waals surface area contributed by atoms with Crippen LogP contribution in [-0.2, 0) is 9.47 Å². The molecule has 0 N–H and O–H groups in total. The van der Waals surface area contributed by atoms with E-state index in [4.69, 9.17) is 9.47 Å². The molecular formula is C11H12O2. The highest BCUT2D eigenvalue weighted by Crippen LogP contribution is 2.28. The molecule has 0 bridgehead atoms. The Morgan fingerprint density at radius 1 is 1.38 bits per heavy atom. The minimum Gasteiger partial charge on any atom is -0.453 e. The molecule has 2 aliphatic rings. The molecule has 1 fully saturated rings. The normalized spacial score (nSPS) is 27.2. The van der Waals surface area contributed by atoms with Crippen LogP contribution in [0.3, 0.4) is 0 Å². The van der Waals surface area contributed by atoms with Crippen LogP contribution in [0.2, 0.25) is 0 Å². The highest BCUT2D eigenvalue weighted by atomic mass is 16.7. The van der Waals surface area contributed by atoms with Crippen LogP contribution < -0.4 is 0 Å². The number of ether oxygens (including phenoxy) is 2. The number of rotatable bonds is 0. The van der Waals surface area contributed by atoms with Crippen molar-refractivity contribution in [1.29, 1.82) is 0 Å². The zero-order chi connectivity index (χ0) is 9.31. The van der Waals surface area contributed by atoms with Gasteiger partial charge in [-0.05, 0) is 29.7 Å². The molecule has 68 valence electrons. The number of hydrogen-bond donors (Lipinski definition) is 0. The summed E-state index contributed by atoms with van der Waals surface area (Å²) in [5.74, 6) is 1.47. The fourth-order valence-corrected chi connectivity index (χ4v) is 1.25. The Morgan fingerprint density at radius 3 is 3.08 bits per heavy atom. The van der Waals surface area contributed by atoms with E-state index in [1.807, 2.05) is 12.2 Å². The van der Waals surface area contributed by atoms with Gasteiger partial charge in [0.05, 0.1) is 0 Å². The number of hydrogen-bond acceptors (Lipinski definition) is 2. The molecule has 1 saturated heterocycles. The average molecular weight is 176 g/mol. The first-order valence-electron chi connectivity index (χ1n) is 4.36. The molecule has 0 aromatic carbocycles. The van der Waals surface area contributed by atoms with E-state index in [-0.39, 0.29) is 5.41 Å². The molecule has 0 amide bonds. The molecular weight excluding hydrogens is 164 g/mol. The average Bonchev–Trinajstić information content (AvgIpc) is 2.46. The first-order chi connectivity index (χ1) is 6.17. The van der Waals surface area contributed by atoms with Crippen molar-refractivity contribution in [2.45, 2.75) is 20.3 Å². The molecule has 13 heavy (non-hydrogen) atoms. The summed E-state index contributed by atoms with van der Waals surface area (Å²) in [6, 6.07) is 0. The summed E-state index contributed by atoms with van der Waals surface area (Å²) in [7, 11) is 0. The fourth-order valence-electron chi connectivity index (χ4n) is 1.25. The largest absolute Gasteiger partial charge is 0.453 e. The van der Waals surface area contributed by atoms with Crippen molar-refractivity contribution in [3.8, 4) is 0 Å². The lowest BCUT2D eigenvalue weighted by Crippen LogP contribution is -2.05. The second-order valence-electron chi connectivity index (χ2n) is 3.91. The maximum absolute atomic E-state index is 5.27. The van der Waals surface area contributed by atoms with Crippen molar-refractivity contribution in [1.82, 2.24) is 0 Å². The van der Waals surface area contributed by atoms with Crippen LogP contribution in [0, 0.1) is 5.41 Å². The Balaban J connectivity index is 2.46. The van der Waals surface area contributed by atoms with E-state index in [9.17, 15) is 0 Å². The molecule has 1 heterocycles. The van der Waals surface area contributed by atoms with Gasteiger partial charge in [-0.1, -0.05) is 19.6 Å². The van der Waals surface area contributed by atoms with Crippen LogP contribution in [0.5, 0.6) is 0 Å². The smallest absolute Gasteiger partial charge is 0.232 e. The highest BCUT2D eigenvalue weighted by Gasteiger charge is 2.20.